The third-order valence-corrected chi connectivity index (χ3v) is 13.7. The van der Waals surface area contributed by atoms with E-state index >= 15 is 0 Å². The average Bonchev–Trinajstić information content (AvgIpc) is 4.28. The number of hydrogen-bond donors (Lipinski definition) is 0. The van der Waals surface area contributed by atoms with Gasteiger partial charge in [-0.25, -0.2) is 0 Å². The number of pyridine rings is 4. The molecule has 0 N–H and O–H groups in total. The number of aromatic nitrogens is 8. The quantitative estimate of drug-likeness (QED) is 0.148. The number of benzene rings is 4. The van der Waals surface area contributed by atoms with Crippen molar-refractivity contribution in [3.05, 3.63) is 254 Å². The van der Waals surface area contributed by atoms with E-state index in [9.17, 15) is 0 Å². The summed E-state index contributed by atoms with van der Waals surface area (Å²) in [6.45, 7) is 4.18. The van der Waals surface area contributed by atoms with Gasteiger partial charge in [-0.05, 0) is 107 Å². The van der Waals surface area contributed by atoms with Crippen LogP contribution >= 0.6 is 0 Å². The molecule has 4 aromatic carbocycles. The normalized spacial score (nSPS) is 14.8. The van der Waals surface area contributed by atoms with Gasteiger partial charge in [-0.15, -0.1) is 22.5 Å². The average molecular weight is 1270 g/mol. The van der Waals surface area contributed by atoms with Gasteiger partial charge in [-0.3, -0.25) is 19.9 Å². The summed E-state index contributed by atoms with van der Waals surface area (Å²) in [5, 5.41) is 17.5. The zero-order valence-electron chi connectivity index (χ0n) is 37.5. The summed E-state index contributed by atoms with van der Waals surface area (Å²) in [6, 6.07) is 49.0. The first-order chi connectivity index (χ1) is 33.6. The molecule has 0 atom stereocenters. The monoisotopic (exact) mass is 1270 g/mol. The van der Waals surface area contributed by atoms with Crippen molar-refractivity contribution in [1.29, 1.82) is 0 Å². The Kier molecular flexibility index (Phi) is 11.4. The van der Waals surface area contributed by atoms with Crippen LogP contribution in [0, 0.1) is 25.5 Å². The van der Waals surface area contributed by atoms with Gasteiger partial charge in [-0.1, -0.05) is 36.4 Å². The molecule has 0 unspecified atom stereocenters. The zero-order valence-corrected chi connectivity index (χ0v) is 42.0. The first-order valence-electron chi connectivity index (χ1n) is 22.2. The second kappa shape index (κ2) is 17.8. The topological polar surface area (TPSA) is 119 Å². The molecule has 14 heteroatoms. The van der Waals surface area contributed by atoms with Crippen LogP contribution in [0.3, 0.4) is 0 Å². The molecule has 10 aromatic rings. The molecular weight excluding hydrogens is 1230 g/mol. The molecule has 0 fully saturated rings. The molecule has 14 rings (SSSR count). The predicted molar refractivity (Wildman–Crippen MR) is 261 cm³/mol. The maximum absolute atomic E-state index is 4.56. The van der Waals surface area contributed by atoms with Crippen molar-refractivity contribution >= 4 is 34.1 Å². The number of para-hydroxylation sites is 4. The second-order valence-electron chi connectivity index (χ2n) is 17.1. The first kappa shape index (κ1) is 45.0. The molecular formula is C56H38N12Pt2-6. The zero-order chi connectivity index (χ0) is 45.4. The van der Waals surface area contributed by atoms with Crippen LogP contribution in [0.15, 0.2) is 183 Å². The molecule has 2 aliphatic heterocycles. The largest absolute Gasteiger partial charge is 0.581 e. The van der Waals surface area contributed by atoms with Gasteiger partial charge in [0.2, 0.25) is 0 Å². The van der Waals surface area contributed by atoms with Gasteiger partial charge in [0.15, 0.2) is 0 Å². The summed E-state index contributed by atoms with van der Waals surface area (Å²) in [5.74, 6) is 0. The number of rotatable bonds is 6. The molecule has 70 heavy (non-hydrogen) atoms. The third kappa shape index (κ3) is 6.57. The van der Waals surface area contributed by atoms with Crippen molar-refractivity contribution in [2.45, 2.75) is 10.8 Å². The molecule has 6 aromatic heterocycles. The van der Waals surface area contributed by atoms with Crippen molar-refractivity contribution in [3.8, 4) is 22.3 Å². The summed E-state index contributed by atoms with van der Waals surface area (Å²) in [6.07, 6.45) is 18.6. The van der Waals surface area contributed by atoms with Gasteiger partial charge in [-0.2, -0.15) is 74.3 Å². The Morgan fingerprint density at radius 1 is 0.429 bits per heavy atom. The van der Waals surface area contributed by atoms with E-state index in [1.807, 2.05) is 61.7 Å². The Balaban J connectivity index is 0.000000148. The smallest absolute Gasteiger partial charge is 0.0674 e. The van der Waals surface area contributed by atoms with Crippen LogP contribution in [0.25, 0.3) is 22.3 Å². The summed E-state index contributed by atoms with van der Waals surface area (Å²) in [4.78, 5) is 26.6. The van der Waals surface area contributed by atoms with Crippen LogP contribution < -0.4 is 29.8 Å². The van der Waals surface area contributed by atoms with E-state index in [-0.39, 0.29) is 42.1 Å². The van der Waals surface area contributed by atoms with Crippen molar-refractivity contribution in [2.24, 2.45) is 0 Å². The second-order valence-corrected chi connectivity index (χ2v) is 17.1. The van der Waals surface area contributed by atoms with E-state index in [1.165, 1.54) is 0 Å². The maximum atomic E-state index is 4.56. The van der Waals surface area contributed by atoms with Crippen molar-refractivity contribution in [3.63, 3.8) is 0 Å². The van der Waals surface area contributed by atoms with E-state index in [2.05, 4.69) is 209 Å². The molecule has 2 aliphatic carbocycles. The third-order valence-electron chi connectivity index (χ3n) is 13.7. The molecule has 8 heterocycles. The number of hydrogen-bond acceptors (Lipinski definition) is 10. The Hall–Kier alpha value is -7.52. The van der Waals surface area contributed by atoms with Crippen LogP contribution in [0.5, 0.6) is 0 Å². The van der Waals surface area contributed by atoms with E-state index in [0.29, 0.717) is 0 Å². The van der Waals surface area contributed by atoms with E-state index in [1.54, 1.807) is 12.4 Å². The summed E-state index contributed by atoms with van der Waals surface area (Å²) >= 11 is 0. The molecule has 0 bridgehead atoms. The Morgan fingerprint density at radius 3 is 1.13 bits per heavy atom. The van der Waals surface area contributed by atoms with Gasteiger partial charge in [0.1, 0.15) is 0 Å². The van der Waals surface area contributed by atoms with Gasteiger partial charge in [0, 0.05) is 126 Å². The van der Waals surface area contributed by atoms with Gasteiger partial charge in [0.05, 0.1) is 10.8 Å². The van der Waals surface area contributed by atoms with Gasteiger partial charge >= 0.3 is 0 Å². The number of nitrogens with zero attached hydrogens (tertiary/aromatic N) is 12. The van der Waals surface area contributed by atoms with Gasteiger partial charge < -0.3 is 40.0 Å². The number of anilines is 6. The van der Waals surface area contributed by atoms with Crippen LogP contribution in [0.1, 0.15) is 44.8 Å². The fraction of sp³-hybridized carbons (Fsp3) is 0.0714. The van der Waals surface area contributed by atoms with E-state index < -0.39 is 10.8 Å². The molecule has 0 saturated carbocycles. The van der Waals surface area contributed by atoms with Crippen molar-refractivity contribution in [1.82, 2.24) is 40.3 Å². The maximum Gasteiger partial charge on any atom is 0.0674 e. The SMILES string of the molecule is CN1[CH-]N(c2[c-]c(C3(c4cc[n-]n4)c4cnccc4-c4ccncc43)ccc2)c2ccccc21.CN1[CH-]N(c2[c-]c(C3(c4cc[n-]n4)c4cnccc4-c4ccncc43)ccc2)c2ccccc21.[Pt].[Pt]. The van der Waals surface area contributed by atoms with Gasteiger partial charge in [0.25, 0.3) is 0 Å². The minimum Gasteiger partial charge on any atom is -0.581 e. The first-order valence-corrected chi connectivity index (χ1v) is 22.2. The molecule has 348 valence electrons. The Bertz CT molecular complexity index is 3200. The Morgan fingerprint density at radius 2 is 0.786 bits per heavy atom. The van der Waals surface area contributed by atoms with Crippen LogP contribution in [0.2, 0.25) is 0 Å². The minimum absolute atomic E-state index is 0. The minimum atomic E-state index is -0.704. The van der Waals surface area contributed by atoms with Crippen molar-refractivity contribution < 1.29 is 42.1 Å². The van der Waals surface area contributed by atoms with E-state index in [0.717, 1.165) is 101 Å². The summed E-state index contributed by atoms with van der Waals surface area (Å²) in [5.41, 5.74) is 17.5. The standard InChI is InChI=1S/2C28H19N6.2Pt/c2*1-33-18-34(26-8-3-2-7-25(26)33)20-6-4-5-19(15-20)28(27-11-14-31-32-27)23-16-29-12-9-21(23)22-10-13-30-17-24(22)28;;/h2*2-14,16-18H,1H3;;/q2*-3;;. The summed E-state index contributed by atoms with van der Waals surface area (Å²) in [7, 11) is 4.12. The predicted octanol–water partition coefficient (Wildman–Crippen LogP) is 9.39. The summed E-state index contributed by atoms with van der Waals surface area (Å²) < 4.78 is 0. The number of fused-ring (bicyclic) bond motifs is 8. The Labute approximate surface area is 434 Å². The fourth-order valence-corrected chi connectivity index (χ4v) is 10.8. The molecule has 4 aliphatic rings. The molecule has 0 spiro atoms. The molecule has 0 radical (unpaired) electrons. The molecule has 12 nitrogen and oxygen atoms in total. The van der Waals surface area contributed by atoms with Crippen LogP contribution in [0.4, 0.5) is 34.1 Å². The van der Waals surface area contributed by atoms with Crippen LogP contribution in [-0.4, -0.2) is 44.2 Å². The van der Waals surface area contributed by atoms with Crippen LogP contribution in [-0.2, 0) is 53.0 Å². The van der Waals surface area contributed by atoms with E-state index in [4.69, 9.17) is 0 Å². The fourth-order valence-electron chi connectivity index (χ4n) is 10.8. The molecule has 0 saturated heterocycles. The molecule has 0 amide bonds. The van der Waals surface area contributed by atoms with Crippen molar-refractivity contribution in [2.75, 3.05) is 33.7 Å².